The molecule has 0 heterocycles. The number of hydrogen-bond acceptors (Lipinski definition) is 2. The zero-order valence-electron chi connectivity index (χ0n) is 15.4. The number of hydrogen-bond donors (Lipinski definition) is 1. The van der Waals surface area contributed by atoms with E-state index < -0.39 is 47.5 Å². The number of halogens is 11. The summed E-state index contributed by atoms with van der Waals surface area (Å²) in [4.78, 5) is 0. The first kappa shape index (κ1) is 26.2. The van der Waals surface area contributed by atoms with E-state index in [1.165, 1.54) is 6.07 Å². The van der Waals surface area contributed by atoms with Gasteiger partial charge < -0.3 is 9.84 Å². The lowest BCUT2D eigenvalue weighted by Gasteiger charge is -2.39. The number of benzene rings is 1. The van der Waals surface area contributed by atoms with Gasteiger partial charge in [0.1, 0.15) is 5.75 Å². The Morgan fingerprint density at radius 3 is 1.83 bits per heavy atom. The molecule has 0 aliphatic rings. The minimum absolute atomic E-state index is 0.0152. The van der Waals surface area contributed by atoms with Crippen molar-refractivity contribution in [2.45, 2.75) is 62.2 Å². The van der Waals surface area contributed by atoms with Crippen LogP contribution in [0.15, 0.2) is 24.3 Å². The number of ether oxygens (including phenoxy) is 1. The standard InChI is InChI=1S/C17H17F11O2/c1-3-7-30-11-6-4-5-10(8-11)12(2,29)9-13(18,19)14(20,21)15(22,23)16(24,25)17(26,27)28/h4-6,8,29H,3,7,9H2,1-2H3. The van der Waals surface area contributed by atoms with Gasteiger partial charge in [0, 0.05) is 0 Å². The van der Waals surface area contributed by atoms with Gasteiger partial charge in [-0.15, -0.1) is 0 Å². The summed E-state index contributed by atoms with van der Waals surface area (Å²) < 4.78 is 149. The number of rotatable bonds is 9. The van der Waals surface area contributed by atoms with Gasteiger partial charge in [-0.05, 0) is 31.0 Å². The smallest absolute Gasteiger partial charge is 0.460 e. The summed E-state index contributed by atoms with van der Waals surface area (Å²) in [7, 11) is 0. The van der Waals surface area contributed by atoms with Crippen molar-refractivity contribution < 1.29 is 58.1 Å². The summed E-state index contributed by atoms with van der Waals surface area (Å²) in [6.07, 6.45) is -9.31. The Kier molecular flexibility index (Phi) is 7.04. The van der Waals surface area contributed by atoms with E-state index in [4.69, 9.17) is 4.74 Å². The van der Waals surface area contributed by atoms with E-state index in [1.54, 1.807) is 6.92 Å². The van der Waals surface area contributed by atoms with E-state index >= 15 is 0 Å². The molecule has 1 aromatic rings. The molecule has 0 bridgehead atoms. The van der Waals surface area contributed by atoms with Crippen LogP contribution in [0.1, 0.15) is 32.3 Å². The molecular weight excluding hydrogens is 445 g/mol. The molecule has 0 saturated heterocycles. The summed E-state index contributed by atoms with van der Waals surface area (Å²) in [6, 6.07) is 4.26. The minimum atomic E-state index is -7.51. The van der Waals surface area contributed by atoms with E-state index in [0.29, 0.717) is 13.3 Å². The van der Waals surface area contributed by atoms with Crippen LogP contribution in [0.25, 0.3) is 0 Å². The van der Waals surface area contributed by atoms with Crippen molar-refractivity contribution in [3.05, 3.63) is 29.8 Å². The molecule has 1 rings (SSSR count). The highest BCUT2D eigenvalue weighted by molar-refractivity contribution is 5.32. The molecular formula is C17H17F11O2. The third-order valence-electron chi connectivity index (χ3n) is 4.10. The van der Waals surface area contributed by atoms with Crippen molar-refractivity contribution >= 4 is 0 Å². The van der Waals surface area contributed by atoms with Crippen LogP contribution in [-0.2, 0) is 5.60 Å². The number of alkyl halides is 11. The van der Waals surface area contributed by atoms with Crippen molar-refractivity contribution in [2.75, 3.05) is 6.61 Å². The van der Waals surface area contributed by atoms with Crippen LogP contribution in [0.5, 0.6) is 5.75 Å². The second-order valence-electron chi connectivity index (χ2n) is 6.75. The molecule has 0 spiro atoms. The third-order valence-corrected chi connectivity index (χ3v) is 4.10. The lowest BCUT2D eigenvalue weighted by molar-refractivity contribution is -0.424. The zero-order valence-corrected chi connectivity index (χ0v) is 15.4. The molecule has 1 aromatic carbocycles. The lowest BCUT2D eigenvalue weighted by atomic mass is 9.85. The van der Waals surface area contributed by atoms with Crippen molar-refractivity contribution in [2.24, 2.45) is 0 Å². The Labute approximate surface area is 163 Å². The van der Waals surface area contributed by atoms with Gasteiger partial charge >= 0.3 is 29.9 Å². The Morgan fingerprint density at radius 2 is 1.37 bits per heavy atom. The maximum absolute atomic E-state index is 14.0. The highest BCUT2D eigenvalue weighted by Gasteiger charge is 2.87. The lowest BCUT2D eigenvalue weighted by Crippen LogP contribution is -2.67. The maximum Gasteiger partial charge on any atom is 0.460 e. The van der Waals surface area contributed by atoms with Gasteiger partial charge in [0.25, 0.3) is 0 Å². The fourth-order valence-corrected chi connectivity index (χ4v) is 2.39. The van der Waals surface area contributed by atoms with Gasteiger partial charge in [0.2, 0.25) is 0 Å². The third kappa shape index (κ3) is 4.59. The van der Waals surface area contributed by atoms with Crippen LogP contribution >= 0.6 is 0 Å². The molecule has 0 radical (unpaired) electrons. The predicted molar refractivity (Wildman–Crippen MR) is 82.3 cm³/mol. The van der Waals surface area contributed by atoms with Crippen molar-refractivity contribution in [3.63, 3.8) is 0 Å². The molecule has 13 heteroatoms. The summed E-state index contributed by atoms with van der Waals surface area (Å²) in [5.74, 6) is -28.3. The average Bonchev–Trinajstić information content (AvgIpc) is 2.57. The second-order valence-corrected chi connectivity index (χ2v) is 6.75. The first-order valence-electron chi connectivity index (χ1n) is 8.28. The van der Waals surface area contributed by atoms with Crippen LogP contribution in [0, 0.1) is 0 Å². The molecule has 174 valence electrons. The van der Waals surface area contributed by atoms with E-state index in [9.17, 15) is 53.4 Å². The second kappa shape index (κ2) is 8.04. The highest BCUT2D eigenvalue weighted by atomic mass is 19.4. The summed E-state index contributed by atoms with van der Waals surface area (Å²) in [5, 5.41) is 10.1. The van der Waals surface area contributed by atoms with Gasteiger partial charge in [-0.3, -0.25) is 0 Å². The number of aliphatic hydroxyl groups is 1. The van der Waals surface area contributed by atoms with Gasteiger partial charge in [-0.25, -0.2) is 0 Å². The first-order valence-corrected chi connectivity index (χ1v) is 8.28. The summed E-state index contributed by atoms with van der Waals surface area (Å²) >= 11 is 0. The molecule has 0 aliphatic heterocycles. The van der Waals surface area contributed by atoms with Crippen LogP contribution in [0.4, 0.5) is 48.3 Å². The van der Waals surface area contributed by atoms with Gasteiger partial charge in [0.15, 0.2) is 0 Å². The quantitative estimate of drug-likeness (QED) is 0.445. The van der Waals surface area contributed by atoms with Crippen molar-refractivity contribution in [1.29, 1.82) is 0 Å². The monoisotopic (exact) mass is 462 g/mol. The van der Waals surface area contributed by atoms with E-state index in [1.807, 2.05) is 0 Å². The van der Waals surface area contributed by atoms with Crippen LogP contribution in [-0.4, -0.2) is 41.6 Å². The molecule has 0 aliphatic carbocycles. The first-order chi connectivity index (χ1) is 13.2. The van der Waals surface area contributed by atoms with E-state index in [2.05, 4.69) is 0 Å². The maximum atomic E-state index is 14.0. The minimum Gasteiger partial charge on any atom is -0.494 e. The van der Waals surface area contributed by atoms with Gasteiger partial charge in [-0.2, -0.15) is 48.3 Å². The average molecular weight is 462 g/mol. The fraction of sp³-hybridized carbons (Fsp3) is 0.647. The molecule has 1 unspecified atom stereocenters. The molecule has 0 fully saturated rings. The molecule has 2 nitrogen and oxygen atoms in total. The molecule has 30 heavy (non-hydrogen) atoms. The van der Waals surface area contributed by atoms with Crippen LogP contribution in [0.3, 0.4) is 0 Å². The Morgan fingerprint density at radius 1 is 0.833 bits per heavy atom. The molecule has 1 N–H and O–H groups in total. The molecule has 0 saturated carbocycles. The molecule has 0 amide bonds. The molecule has 0 aromatic heterocycles. The van der Waals surface area contributed by atoms with Gasteiger partial charge in [0.05, 0.1) is 18.6 Å². The van der Waals surface area contributed by atoms with Crippen LogP contribution in [0.2, 0.25) is 0 Å². The fourth-order valence-electron chi connectivity index (χ4n) is 2.39. The van der Waals surface area contributed by atoms with Crippen molar-refractivity contribution in [1.82, 2.24) is 0 Å². The van der Waals surface area contributed by atoms with Crippen LogP contribution < -0.4 is 4.74 Å². The van der Waals surface area contributed by atoms with E-state index in [0.717, 1.165) is 18.2 Å². The van der Waals surface area contributed by atoms with Crippen molar-refractivity contribution in [3.8, 4) is 5.75 Å². The SMILES string of the molecule is CCCOc1cccc(C(C)(O)CC(F)(F)C(F)(F)C(F)(F)C(F)(F)C(F)(F)F)c1. The Balaban J connectivity index is 3.30. The Bertz CT molecular complexity index is 727. The summed E-state index contributed by atoms with van der Waals surface area (Å²) in [6.45, 7) is 2.33. The largest absolute Gasteiger partial charge is 0.494 e. The Hall–Kier alpha value is -1.79. The highest BCUT2D eigenvalue weighted by Crippen LogP contribution is 2.59. The molecule has 1 atom stereocenters. The summed E-state index contributed by atoms with van der Waals surface area (Å²) in [5.41, 5.74) is -3.57. The zero-order chi connectivity index (χ0) is 23.8. The topological polar surface area (TPSA) is 29.5 Å². The van der Waals surface area contributed by atoms with E-state index in [-0.39, 0.29) is 12.4 Å². The normalized spacial score (nSPS) is 16.3. The predicted octanol–water partition coefficient (Wildman–Crippen LogP) is 6.18. The van der Waals surface area contributed by atoms with Gasteiger partial charge in [-0.1, -0.05) is 19.1 Å².